The standard InChI is InChI=1S/C23H30N2O4/c1-3-28-21-14-17(29-25-21)12-13-20(26)24-23-19-7-5-4-6-18(19)22(23)15-8-10-16(27-2)11-9-15/h8-11,14,18-19,22-23H,3-7,12-13H2,1-2H3,(H,24,26)/t18-,19-,22-,23-/m0/s1. The highest BCUT2D eigenvalue weighted by molar-refractivity contribution is 5.76. The molecule has 1 N–H and O–H groups in total. The predicted octanol–water partition coefficient (Wildman–Crippen LogP) is 4.10. The lowest BCUT2D eigenvalue weighted by Gasteiger charge is -2.55. The van der Waals surface area contributed by atoms with E-state index in [1.165, 1.54) is 31.2 Å². The number of methoxy groups -OCH3 is 1. The molecule has 4 atom stereocenters. The highest BCUT2D eigenvalue weighted by Gasteiger charge is 2.51. The summed E-state index contributed by atoms with van der Waals surface area (Å²) in [7, 11) is 1.68. The number of nitrogens with one attached hydrogen (secondary N) is 1. The van der Waals surface area contributed by atoms with Crippen LogP contribution in [0.4, 0.5) is 0 Å². The zero-order valence-electron chi connectivity index (χ0n) is 17.2. The van der Waals surface area contributed by atoms with Crippen LogP contribution in [0.2, 0.25) is 0 Å². The van der Waals surface area contributed by atoms with Crippen LogP contribution in [-0.4, -0.2) is 30.8 Å². The molecule has 0 spiro atoms. The van der Waals surface area contributed by atoms with E-state index in [9.17, 15) is 4.79 Å². The van der Waals surface area contributed by atoms with E-state index in [0.29, 0.717) is 48.8 Å². The minimum atomic E-state index is 0.0758. The lowest BCUT2D eigenvalue weighted by Crippen LogP contribution is -2.59. The summed E-state index contributed by atoms with van der Waals surface area (Å²) in [6.45, 7) is 2.45. The van der Waals surface area contributed by atoms with Gasteiger partial charge < -0.3 is 19.3 Å². The summed E-state index contributed by atoms with van der Waals surface area (Å²) in [4.78, 5) is 12.7. The summed E-state index contributed by atoms with van der Waals surface area (Å²) < 4.78 is 15.8. The highest BCUT2D eigenvalue weighted by atomic mass is 16.5. The van der Waals surface area contributed by atoms with Crippen molar-refractivity contribution in [1.82, 2.24) is 10.5 Å². The average Bonchev–Trinajstić information content (AvgIpc) is 3.19. The molecule has 0 aliphatic heterocycles. The molecule has 0 radical (unpaired) electrons. The van der Waals surface area contributed by atoms with Crippen LogP contribution in [0.5, 0.6) is 11.6 Å². The van der Waals surface area contributed by atoms with Gasteiger partial charge in [0.25, 0.3) is 5.88 Å². The van der Waals surface area contributed by atoms with Crippen LogP contribution in [0.25, 0.3) is 0 Å². The largest absolute Gasteiger partial charge is 0.497 e. The number of fused-ring (bicyclic) bond motifs is 1. The number of rotatable bonds is 8. The molecule has 0 saturated heterocycles. The average molecular weight is 399 g/mol. The van der Waals surface area contributed by atoms with Crippen LogP contribution >= 0.6 is 0 Å². The van der Waals surface area contributed by atoms with E-state index in [1.54, 1.807) is 13.2 Å². The summed E-state index contributed by atoms with van der Waals surface area (Å²) in [6.07, 6.45) is 5.95. The molecular weight excluding hydrogens is 368 g/mol. The number of hydrogen-bond donors (Lipinski definition) is 1. The molecule has 6 nitrogen and oxygen atoms in total. The van der Waals surface area contributed by atoms with Gasteiger partial charge >= 0.3 is 0 Å². The first-order valence-corrected chi connectivity index (χ1v) is 10.7. The van der Waals surface area contributed by atoms with Gasteiger partial charge in [-0.15, -0.1) is 0 Å². The molecule has 2 fully saturated rings. The highest BCUT2D eigenvalue weighted by Crippen LogP contribution is 2.54. The Morgan fingerprint density at radius 1 is 1.21 bits per heavy atom. The minimum Gasteiger partial charge on any atom is -0.497 e. The van der Waals surface area contributed by atoms with E-state index in [-0.39, 0.29) is 11.9 Å². The van der Waals surface area contributed by atoms with Gasteiger partial charge in [0.2, 0.25) is 5.91 Å². The van der Waals surface area contributed by atoms with Gasteiger partial charge in [-0.2, -0.15) is 0 Å². The third kappa shape index (κ3) is 4.26. The van der Waals surface area contributed by atoms with Crippen LogP contribution < -0.4 is 14.8 Å². The number of aryl methyl sites for hydroxylation is 1. The molecule has 1 amide bonds. The van der Waals surface area contributed by atoms with Crippen molar-refractivity contribution in [3.8, 4) is 11.6 Å². The number of carbonyl (C=O) groups excluding carboxylic acids is 1. The second-order valence-electron chi connectivity index (χ2n) is 8.07. The Morgan fingerprint density at radius 2 is 1.97 bits per heavy atom. The molecule has 6 heteroatoms. The third-order valence-corrected chi connectivity index (χ3v) is 6.44. The van der Waals surface area contributed by atoms with Gasteiger partial charge in [-0.3, -0.25) is 4.79 Å². The quantitative estimate of drug-likeness (QED) is 0.725. The van der Waals surface area contributed by atoms with Gasteiger partial charge in [-0.05, 0) is 54.5 Å². The van der Waals surface area contributed by atoms with Crippen molar-refractivity contribution in [2.45, 2.75) is 57.4 Å². The number of aromatic nitrogens is 1. The fourth-order valence-electron chi connectivity index (χ4n) is 5.07. The molecule has 0 unspecified atom stereocenters. The number of carbonyl (C=O) groups is 1. The second-order valence-corrected chi connectivity index (χ2v) is 8.07. The predicted molar refractivity (Wildman–Crippen MR) is 109 cm³/mol. The smallest absolute Gasteiger partial charge is 0.254 e. The molecule has 1 aromatic carbocycles. The summed E-state index contributed by atoms with van der Waals surface area (Å²) in [5.41, 5.74) is 1.30. The lowest BCUT2D eigenvalue weighted by molar-refractivity contribution is -0.124. The Kier molecular flexibility index (Phi) is 6.07. The normalized spacial score (nSPS) is 25.6. The van der Waals surface area contributed by atoms with E-state index < -0.39 is 0 Å². The number of amides is 1. The molecule has 1 heterocycles. The van der Waals surface area contributed by atoms with Gasteiger partial charge in [0.1, 0.15) is 11.5 Å². The van der Waals surface area contributed by atoms with Gasteiger partial charge in [-0.25, -0.2) is 0 Å². The van der Waals surface area contributed by atoms with Gasteiger partial charge in [-0.1, -0.05) is 25.0 Å². The molecule has 2 saturated carbocycles. The van der Waals surface area contributed by atoms with Crippen molar-refractivity contribution >= 4 is 5.91 Å². The van der Waals surface area contributed by atoms with Gasteiger partial charge in [0.15, 0.2) is 0 Å². The number of hydrogen-bond acceptors (Lipinski definition) is 5. The molecule has 2 aromatic rings. The zero-order valence-corrected chi connectivity index (χ0v) is 17.2. The van der Waals surface area contributed by atoms with Crippen LogP contribution in [0.15, 0.2) is 34.9 Å². The lowest BCUT2D eigenvalue weighted by atomic mass is 9.53. The molecule has 2 aliphatic rings. The van der Waals surface area contributed by atoms with E-state index >= 15 is 0 Å². The minimum absolute atomic E-state index is 0.0758. The Labute approximate surface area is 171 Å². The third-order valence-electron chi connectivity index (χ3n) is 6.44. The van der Waals surface area contributed by atoms with Crippen molar-refractivity contribution in [1.29, 1.82) is 0 Å². The number of benzene rings is 1. The van der Waals surface area contributed by atoms with Crippen molar-refractivity contribution in [3.63, 3.8) is 0 Å². The maximum absolute atomic E-state index is 12.7. The molecule has 4 rings (SSSR count). The Bertz CT molecular complexity index is 817. The maximum Gasteiger partial charge on any atom is 0.254 e. The van der Waals surface area contributed by atoms with Crippen LogP contribution in [0.3, 0.4) is 0 Å². The first-order valence-electron chi connectivity index (χ1n) is 10.7. The molecule has 2 aliphatic carbocycles. The fraction of sp³-hybridized carbons (Fsp3) is 0.565. The van der Waals surface area contributed by atoms with Crippen LogP contribution in [-0.2, 0) is 11.2 Å². The van der Waals surface area contributed by atoms with Crippen molar-refractivity contribution in [3.05, 3.63) is 41.7 Å². The molecule has 0 bridgehead atoms. The topological polar surface area (TPSA) is 73.6 Å². The van der Waals surface area contributed by atoms with E-state index in [1.807, 2.05) is 19.1 Å². The van der Waals surface area contributed by atoms with Gasteiger partial charge in [0.05, 0.1) is 13.7 Å². The summed E-state index contributed by atoms with van der Waals surface area (Å²) in [5.74, 6) is 3.76. The summed E-state index contributed by atoms with van der Waals surface area (Å²) >= 11 is 0. The second kappa shape index (κ2) is 8.89. The van der Waals surface area contributed by atoms with Crippen molar-refractivity contribution in [2.75, 3.05) is 13.7 Å². The maximum atomic E-state index is 12.7. The van der Waals surface area contributed by atoms with Crippen molar-refractivity contribution in [2.24, 2.45) is 11.8 Å². The first kappa shape index (κ1) is 19.8. The van der Waals surface area contributed by atoms with Gasteiger partial charge in [0, 0.05) is 30.9 Å². The van der Waals surface area contributed by atoms with E-state index in [2.05, 4.69) is 22.6 Å². The van der Waals surface area contributed by atoms with E-state index in [4.69, 9.17) is 14.0 Å². The molecule has 1 aromatic heterocycles. The van der Waals surface area contributed by atoms with Crippen LogP contribution in [0, 0.1) is 11.8 Å². The molecule has 156 valence electrons. The summed E-state index contributed by atoms with van der Waals surface area (Å²) in [5, 5.41) is 7.18. The molecular formula is C23H30N2O4. The van der Waals surface area contributed by atoms with E-state index in [0.717, 1.165) is 5.75 Å². The number of nitrogens with zero attached hydrogens (tertiary/aromatic N) is 1. The Balaban J connectivity index is 1.38. The zero-order chi connectivity index (χ0) is 20.2. The summed E-state index contributed by atoms with van der Waals surface area (Å²) in [6, 6.07) is 10.3. The number of ether oxygens (including phenoxy) is 2. The monoisotopic (exact) mass is 398 g/mol. The Hall–Kier alpha value is -2.50. The van der Waals surface area contributed by atoms with Crippen LogP contribution in [0.1, 0.15) is 56.3 Å². The SMILES string of the molecule is CCOc1cc(CCC(=O)N[C@H]2[C@H]3CCCC[C@@H]3[C@@H]2c2ccc(OC)cc2)on1. The first-order chi connectivity index (χ1) is 14.2. The Morgan fingerprint density at radius 3 is 2.69 bits per heavy atom. The van der Waals surface area contributed by atoms with Crippen molar-refractivity contribution < 1.29 is 18.8 Å². The molecule has 29 heavy (non-hydrogen) atoms. The fourth-order valence-corrected chi connectivity index (χ4v) is 5.07.